The highest BCUT2D eigenvalue weighted by Crippen LogP contribution is 2.24. The van der Waals surface area contributed by atoms with Gasteiger partial charge in [-0.15, -0.1) is 0 Å². The predicted octanol–water partition coefficient (Wildman–Crippen LogP) is 4.57. The molecular weight excluding hydrogens is 220 g/mol. The van der Waals surface area contributed by atoms with Crippen LogP contribution in [0.5, 0.6) is 0 Å². The van der Waals surface area contributed by atoms with Crippen molar-refractivity contribution >= 4 is 11.9 Å². The Kier molecular flexibility index (Phi) is 5.86. The van der Waals surface area contributed by atoms with Crippen molar-refractivity contribution < 1.29 is 4.79 Å². The van der Waals surface area contributed by atoms with Gasteiger partial charge < -0.3 is 0 Å². The average molecular weight is 240 g/mol. The van der Waals surface area contributed by atoms with Gasteiger partial charge in [-0.2, -0.15) is 0 Å². The zero-order valence-electron chi connectivity index (χ0n) is 11.3. The fourth-order valence-electron chi connectivity index (χ4n) is 1.72. The van der Waals surface area contributed by atoms with Gasteiger partial charge in [-0.1, -0.05) is 55.5 Å². The zero-order chi connectivity index (χ0) is 13.4. The van der Waals surface area contributed by atoms with Gasteiger partial charge in [-0.3, -0.25) is 4.79 Å². The van der Waals surface area contributed by atoms with E-state index in [9.17, 15) is 4.79 Å². The minimum absolute atomic E-state index is 0.758. The Morgan fingerprint density at radius 3 is 2.39 bits per heavy atom. The van der Waals surface area contributed by atoms with Gasteiger partial charge in [0.2, 0.25) is 0 Å². The van der Waals surface area contributed by atoms with Gasteiger partial charge >= 0.3 is 0 Å². The third kappa shape index (κ3) is 3.56. The maximum atomic E-state index is 11.4. The van der Waals surface area contributed by atoms with Gasteiger partial charge in [0.05, 0.1) is 0 Å². The molecule has 0 radical (unpaired) electrons. The first-order valence-corrected chi connectivity index (χ1v) is 6.29. The average Bonchev–Trinajstić information content (AvgIpc) is 2.43. The monoisotopic (exact) mass is 240 g/mol. The Morgan fingerprint density at radius 1 is 1.22 bits per heavy atom. The Hall–Kier alpha value is -1.89. The van der Waals surface area contributed by atoms with Crippen molar-refractivity contribution in [1.82, 2.24) is 0 Å². The molecule has 1 rings (SSSR count). The number of allylic oxidation sites excluding steroid dienone is 6. The number of carbonyl (C=O) groups excluding carboxylic acids is 1. The molecule has 0 atom stereocenters. The summed E-state index contributed by atoms with van der Waals surface area (Å²) in [5.74, 6) is 0. The van der Waals surface area contributed by atoms with E-state index >= 15 is 0 Å². The van der Waals surface area contributed by atoms with E-state index in [-0.39, 0.29) is 0 Å². The number of hydrogen-bond donors (Lipinski definition) is 0. The van der Waals surface area contributed by atoms with Crippen LogP contribution in [0.2, 0.25) is 0 Å². The van der Waals surface area contributed by atoms with E-state index in [4.69, 9.17) is 0 Å². The number of benzene rings is 1. The Bertz CT molecular complexity index is 476. The summed E-state index contributed by atoms with van der Waals surface area (Å²) >= 11 is 0. The van der Waals surface area contributed by atoms with Crippen molar-refractivity contribution in [3.8, 4) is 0 Å². The second-order valence-corrected chi connectivity index (χ2v) is 4.09. The van der Waals surface area contributed by atoms with E-state index < -0.39 is 0 Å². The molecule has 0 saturated carbocycles. The molecule has 0 N–H and O–H groups in total. The van der Waals surface area contributed by atoms with Crippen LogP contribution in [0, 0.1) is 0 Å². The van der Waals surface area contributed by atoms with Crippen molar-refractivity contribution in [1.29, 1.82) is 0 Å². The lowest BCUT2D eigenvalue weighted by molar-refractivity contribution is -0.104. The third-order valence-electron chi connectivity index (χ3n) is 2.87. The molecule has 1 aromatic carbocycles. The maximum Gasteiger partial charge on any atom is 0.150 e. The number of aldehydes is 1. The molecule has 1 nitrogen and oxygen atoms in total. The van der Waals surface area contributed by atoms with Gasteiger partial charge in [0.15, 0.2) is 6.29 Å². The molecule has 0 heterocycles. The number of carbonyl (C=O) groups is 1. The molecule has 0 unspecified atom stereocenters. The SMILES string of the molecule is C\C=C(C)/C(C=O)=C(\C=C\CC)c1ccccc1. The highest BCUT2D eigenvalue weighted by Gasteiger charge is 2.07. The van der Waals surface area contributed by atoms with E-state index in [1.807, 2.05) is 56.3 Å². The third-order valence-corrected chi connectivity index (χ3v) is 2.87. The lowest BCUT2D eigenvalue weighted by atomic mass is 9.95. The standard InChI is InChI=1S/C17H20O/c1-4-6-12-16(15-10-8-7-9-11-15)17(13-18)14(3)5-2/h5-13H,4H2,1-3H3/b12-6+,14-5-,17-16+. The van der Waals surface area contributed by atoms with Crippen molar-refractivity contribution in [2.24, 2.45) is 0 Å². The first kappa shape index (κ1) is 14.2. The van der Waals surface area contributed by atoms with Crippen LogP contribution in [0.15, 0.2) is 59.7 Å². The quantitative estimate of drug-likeness (QED) is 0.418. The molecule has 94 valence electrons. The van der Waals surface area contributed by atoms with Crippen molar-refractivity contribution in [2.75, 3.05) is 0 Å². The summed E-state index contributed by atoms with van der Waals surface area (Å²) in [5.41, 5.74) is 3.83. The summed E-state index contributed by atoms with van der Waals surface area (Å²) < 4.78 is 0. The molecule has 0 amide bonds. The second kappa shape index (κ2) is 7.44. The van der Waals surface area contributed by atoms with E-state index in [0.29, 0.717) is 0 Å². The lowest BCUT2D eigenvalue weighted by Gasteiger charge is -2.08. The van der Waals surface area contributed by atoms with Crippen LogP contribution in [-0.4, -0.2) is 6.29 Å². The number of hydrogen-bond acceptors (Lipinski definition) is 1. The smallest absolute Gasteiger partial charge is 0.150 e. The van der Waals surface area contributed by atoms with Crippen LogP contribution < -0.4 is 0 Å². The van der Waals surface area contributed by atoms with Crippen LogP contribution in [0.3, 0.4) is 0 Å². The highest BCUT2D eigenvalue weighted by molar-refractivity contribution is 5.96. The minimum atomic E-state index is 0.758. The summed E-state index contributed by atoms with van der Waals surface area (Å²) in [6.45, 7) is 6.00. The van der Waals surface area contributed by atoms with Crippen LogP contribution in [0.1, 0.15) is 32.8 Å². The van der Waals surface area contributed by atoms with Crippen molar-refractivity contribution in [3.63, 3.8) is 0 Å². The first-order valence-electron chi connectivity index (χ1n) is 6.29. The molecule has 0 saturated heterocycles. The van der Waals surface area contributed by atoms with Crippen molar-refractivity contribution in [2.45, 2.75) is 27.2 Å². The summed E-state index contributed by atoms with van der Waals surface area (Å²) in [4.78, 5) is 11.4. The molecule has 0 aliphatic heterocycles. The van der Waals surface area contributed by atoms with Crippen LogP contribution >= 0.6 is 0 Å². The largest absolute Gasteiger partial charge is 0.298 e. The van der Waals surface area contributed by atoms with Crippen LogP contribution in [-0.2, 0) is 4.79 Å². The maximum absolute atomic E-state index is 11.4. The van der Waals surface area contributed by atoms with Gasteiger partial charge in [-0.25, -0.2) is 0 Å². The summed E-state index contributed by atoms with van der Waals surface area (Å²) in [6, 6.07) is 10.0. The normalized spacial score (nSPS) is 13.6. The molecule has 0 aromatic heterocycles. The van der Waals surface area contributed by atoms with Gasteiger partial charge in [0.1, 0.15) is 0 Å². The molecular formula is C17H20O. The Morgan fingerprint density at radius 2 is 1.89 bits per heavy atom. The first-order chi connectivity index (χ1) is 8.74. The molecule has 0 spiro atoms. The Balaban J connectivity index is 3.41. The zero-order valence-corrected chi connectivity index (χ0v) is 11.3. The molecule has 0 bridgehead atoms. The fraction of sp³-hybridized carbons (Fsp3) is 0.235. The summed E-state index contributed by atoms with van der Waals surface area (Å²) in [6.07, 6.45) is 7.97. The second-order valence-electron chi connectivity index (χ2n) is 4.09. The van der Waals surface area contributed by atoms with Gasteiger partial charge in [-0.05, 0) is 37.0 Å². The van der Waals surface area contributed by atoms with Gasteiger partial charge in [0, 0.05) is 5.57 Å². The molecule has 18 heavy (non-hydrogen) atoms. The lowest BCUT2D eigenvalue weighted by Crippen LogP contribution is -1.94. The topological polar surface area (TPSA) is 17.1 Å². The van der Waals surface area contributed by atoms with Crippen molar-refractivity contribution in [3.05, 3.63) is 65.3 Å². The molecule has 1 heteroatoms. The van der Waals surface area contributed by atoms with E-state index in [1.54, 1.807) is 0 Å². The van der Waals surface area contributed by atoms with E-state index in [0.717, 1.165) is 35.0 Å². The van der Waals surface area contributed by atoms with Crippen LogP contribution in [0.4, 0.5) is 0 Å². The predicted molar refractivity (Wildman–Crippen MR) is 78.3 cm³/mol. The van der Waals surface area contributed by atoms with E-state index in [2.05, 4.69) is 13.0 Å². The molecule has 1 aromatic rings. The highest BCUT2D eigenvalue weighted by atomic mass is 16.1. The summed E-state index contributed by atoms with van der Waals surface area (Å²) in [7, 11) is 0. The molecule has 0 aliphatic carbocycles. The van der Waals surface area contributed by atoms with E-state index in [1.165, 1.54) is 0 Å². The van der Waals surface area contributed by atoms with Crippen LogP contribution in [0.25, 0.3) is 5.57 Å². The Labute approximate surface area is 110 Å². The molecule has 0 fully saturated rings. The summed E-state index contributed by atoms with van der Waals surface area (Å²) in [5, 5.41) is 0. The number of rotatable bonds is 5. The minimum Gasteiger partial charge on any atom is -0.298 e. The van der Waals surface area contributed by atoms with Gasteiger partial charge in [0.25, 0.3) is 0 Å². The fourth-order valence-corrected chi connectivity index (χ4v) is 1.72. The molecule has 0 aliphatic rings.